The van der Waals surface area contributed by atoms with Gasteiger partial charge >= 0.3 is 0 Å². The molecule has 0 saturated carbocycles. The minimum atomic E-state index is -0.222. The molecule has 0 unspecified atom stereocenters. The van der Waals surface area contributed by atoms with Crippen molar-refractivity contribution in [3.05, 3.63) is 47.9 Å². The number of methoxy groups -OCH3 is 1. The van der Waals surface area contributed by atoms with Crippen LogP contribution in [0.2, 0.25) is 0 Å². The number of hydrogen-bond donors (Lipinski definition) is 1. The van der Waals surface area contributed by atoms with E-state index < -0.39 is 0 Å². The molecule has 25 heavy (non-hydrogen) atoms. The Balaban J connectivity index is 1.62. The van der Waals surface area contributed by atoms with E-state index in [2.05, 4.69) is 5.32 Å². The molecule has 1 aromatic heterocycles. The summed E-state index contributed by atoms with van der Waals surface area (Å²) < 4.78 is 16.5. The summed E-state index contributed by atoms with van der Waals surface area (Å²) in [6.07, 6.45) is 0.302. The van der Waals surface area contributed by atoms with Crippen molar-refractivity contribution in [2.45, 2.75) is 13.0 Å². The number of nitrogens with zero attached hydrogens (tertiary/aromatic N) is 1. The Bertz CT molecular complexity index is 755. The molecule has 0 radical (unpaired) electrons. The Hall–Kier alpha value is -2.96. The minimum absolute atomic E-state index is 0.0411. The van der Waals surface area contributed by atoms with Gasteiger partial charge in [0.05, 0.1) is 7.11 Å². The number of carbonyl (C=O) groups excluding carboxylic acids is 2. The predicted octanol–water partition coefficient (Wildman–Crippen LogP) is 1.83. The van der Waals surface area contributed by atoms with Crippen LogP contribution in [0.25, 0.3) is 0 Å². The third-order valence-corrected chi connectivity index (χ3v) is 3.91. The molecule has 1 aromatic carbocycles. The van der Waals surface area contributed by atoms with Crippen molar-refractivity contribution in [3.63, 3.8) is 0 Å². The molecular weight excluding hydrogens is 324 g/mol. The van der Waals surface area contributed by atoms with E-state index in [0.29, 0.717) is 43.3 Å². The average Bonchev–Trinajstić information content (AvgIpc) is 3.01. The van der Waals surface area contributed by atoms with Gasteiger partial charge in [-0.2, -0.15) is 0 Å². The first kappa shape index (κ1) is 16.9. The second kappa shape index (κ2) is 7.74. The highest BCUT2D eigenvalue weighted by atomic mass is 16.5. The zero-order valence-corrected chi connectivity index (χ0v) is 14.0. The van der Waals surface area contributed by atoms with E-state index in [1.165, 1.54) is 0 Å². The van der Waals surface area contributed by atoms with E-state index in [1.54, 1.807) is 36.3 Å². The summed E-state index contributed by atoms with van der Waals surface area (Å²) >= 11 is 0. The lowest BCUT2D eigenvalue weighted by Crippen LogP contribution is -2.34. The Morgan fingerprint density at radius 2 is 2.00 bits per heavy atom. The SMILES string of the molecule is COc1ccccc1OCc1ccc(C(=O)N2CCNC(=O)CC2)o1. The summed E-state index contributed by atoms with van der Waals surface area (Å²) in [6, 6.07) is 10.7. The number of amides is 2. The van der Waals surface area contributed by atoms with Crippen molar-refractivity contribution in [1.29, 1.82) is 0 Å². The maximum atomic E-state index is 12.5. The highest BCUT2D eigenvalue weighted by Crippen LogP contribution is 2.26. The minimum Gasteiger partial charge on any atom is -0.493 e. The highest BCUT2D eigenvalue weighted by Gasteiger charge is 2.22. The van der Waals surface area contributed by atoms with Crippen molar-refractivity contribution >= 4 is 11.8 Å². The molecule has 132 valence electrons. The van der Waals surface area contributed by atoms with Gasteiger partial charge in [0.2, 0.25) is 5.91 Å². The van der Waals surface area contributed by atoms with Gasteiger partial charge in [0.1, 0.15) is 12.4 Å². The third kappa shape index (κ3) is 4.12. The van der Waals surface area contributed by atoms with Gasteiger partial charge in [-0.1, -0.05) is 12.1 Å². The molecule has 0 aliphatic carbocycles. The maximum Gasteiger partial charge on any atom is 0.289 e. The number of furan rings is 1. The van der Waals surface area contributed by atoms with E-state index in [9.17, 15) is 9.59 Å². The molecule has 2 aromatic rings. The van der Waals surface area contributed by atoms with Gasteiger partial charge in [-0.05, 0) is 24.3 Å². The smallest absolute Gasteiger partial charge is 0.289 e. The molecule has 1 aliphatic heterocycles. The van der Waals surface area contributed by atoms with Crippen LogP contribution in [0.5, 0.6) is 11.5 Å². The Morgan fingerprint density at radius 3 is 2.80 bits per heavy atom. The zero-order valence-electron chi connectivity index (χ0n) is 14.0. The summed E-state index contributed by atoms with van der Waals surface area (Å²) in [5, 5.41) is 2.74. The first-order valence-corrected chi connectivity index (χ1v) is 8.08. The van der Waals surface area contributed by atoms with Crippen LogP contribution in [0.3, 0.4) is 0 Å². The summed E-state index contributed by atoms with van der Waals surface area (Å²) in [6.45, 7) is 1.50. The van der Waals surface area contributed by atoms with Crippen LogP contribution < -0.4 is 14.8 Å². The largest absolute Gasteiger partial charge is 0.493 e. The Morgan fingerprint density at radius 1 is 1.20 bits per heavy atom. The number of para-hydroxylation sites is 2. The van der Waals surface area contributed by atoms with Crippen LogP contribution in [0.4, 0.5) is 0 Å². The number of ether oxygens (including phenoxy) is 2. The normalized spacial score (nSPS) is 14.6. The van der Waals surface area contributed by atoms with Crippen molar-refractivity contribution < 1.29 is 23.5 Å². The van der Waals surface area contributed by atoms with Crippen molar-refractivity contribution in [2.24, 2.45) is 0 Å². The van der Waals surface area contributed by atoms with E-state index >= 15 is 0 Å². The van der Waals surface area contributed by atoms with Gasteiger partial charge in [-0.15, -0.1) is 0 Å². The van der Waals surface area contributed by atoms with E-state index in [4.69, 9.17) is 13.9 Å². The van der Waals surface area contributed by atoms with Gasteiger partial charge in [0.15, 0.2) is 17.3 Å². The fourth-order valence-electron chi connectivity index (χ4n) is 2.58. The van der Waals surface area contributed by atoms with Gasteiger partial charge in [0.25, 0.3) is 5.91 Å². The van der Waals surface area contributed by atoms with Crippen LogP contribution in [0.15, 0.2) is 40.8 Å². The summed E-state index contributed by atoms with van der Waals surface area (Å²) in [5.41, 5.74) is 0. The van der Waals surface area contributed by atoms with Gasteiger partial charge in [-0.25, -0.2) is 0 Å². The molecule has 0 bridgehead atoms. The van der Waals surface area contributed by atoms with Gasteiger partial charge in [-0.3, -0.25) is 9.59 Å². The van der Waals surface area contributed by atoms with Gasteiger partial charge in [0, 0.05) is 26.1 Å². The molecule has 0 atom stereocenters. The van der Waals surface area contributed by atoms with Crippen LogP contribution in [-0.2, 0) is 11.4 Å². The molecule has 2 amide bonds. The molecule has 3 rings (SSSR count). The number of nitrogens with one attached hydrogen (secondary N) is 1. The predicted molar refractivity (Wildman–Crippen MR) is 89.6 cm³/mol. The maximum absolute atomic E-state index is 12.5. The van der Waals surface area contributed by atoms with Crippen molar-refractivity contribution in [2.75, 3.05) is 26.7 Å². The van der Waals surface area contributed by atoms with Crippen molar-refractivity contribution in [3.8, 4) is 11.5 Å². The highest BCUT2D eigenvalue weighted by molar-refractivity contribution is 5.92. The standard InChI is InChI=1S/C18H20N2O5/c1-23-14-4-2-3-5-15(14)24-12-13-6-7-16(25-13)18(22)20-10-8-17(21)19-9-11-20/h2-7H,8-12H2,1H3,(H,19,21). The lowest BCUT2D eigenvalue weighted by Gasteiger charge is -2.17. The molecule has 1 aliphatic rings. The van der Waals surface area contributed by atoms with E-state index in [-0.39, 0.29) is 24.2 Å². The second-order valence-electron chi connectivity index (χ2n) is 5.60. The van der Waals surface area contributed by atoms with Gasteiger partial charge < -0.3 is 24.1 Å². The van der Waals surface area contributed by atoms with Crippen LogP contribution in [-0.4, -0.2) is 43.5 Å². The molecule has 2 heterocycles. The summed E-state index contributed by atoms with van der Waals surface area (Å²) in [5.74, 6) is 1.76. The third-order valence-electron chi connectivity index (χ3n) is 3.91. The topological polar surface area (TPSA) is 81.0 Å². The molecular formula is C18H20N2O5. The molecule has 7 nitrogen and oxygen atoms in total. The lowest BCUT2D eigenvalue weighted by atomic mass is 10.3. The number of benzene rings is 1. The van der Waals surface area contributed by atoms with Crippen molar-refractivity contribution in [1.82, 2.24) is 10.2 Å². The first-order chi connectivity index (χ1) is 12.2. The fourth-order valence-corrected chi connectivity index (χ4v) is 2.58. The molecule has 1 saturated heterocycles. The van der Waals surface area contributed by atoms with E-state index in [1.807, 2.05) is 12.1 Å². The summed E-state index contributed by atoms with van der Waals surface area (Å²) in [4.78, 5) is 25.5. The zero-order chi connectivity index (χ0) is 17.6. The quantitative estimate of drug-likeness (QED) is 0.895. The Kier molecular flexibility index (Phi) is 5.23. The second-order valence-corrected chi connectivity index (χ2v) is 5.60. The summed E-state index contributed by atoms with van der Waals surface area (Å²) in [7, 11) is 1.58. The lowest BCUT2D eigenvalue weighted by molar-refractivity contribution is -0.120. The molecule has 7 heteroatoms. The Labute approximate surface area is 145 Å². The fraction of sp³-hybridized carbons (Fsp3) is 0.333. The monoisotopic (exact) mass is 344 g/mol. The van der Waals surface area contributed by atoms with Crippen LogP contribution >= 0.6 is 0 Å². The van der Waals surface area contributed by atoms with E-state index in [0.717, 1.165) is 0 Å². The van der Waals surface area contributed by atoms with Crippen LogP contribution in [0, 0.1) is 0 Å². The molecule has 1 N–H and O–H groups in total. The van der Waals surface area contributed by atoms with Crippen LogP contribution in [0.1, 0.15) is 22.7 Å². The first-order valence-electron chi connectivity index (χ1n) is 8.08. The average molecular weight is 344 g/mol. The molecule has 1 fully saturated rings. The number of hydrogen-bond acceptors (Lipinski definition) is 5. The number of rotatable bonds is 5. The number of carbonyl (C=O) groups is 2. The molecule has 0 spiro atoms.